The van der Waals surface area contributed by atoms with Gasteiger partial charge in [-0.05, 0) is 83.3 Å². The fourth-order valence-corrected chi connectivity index (χ4v) is 5.62. The lowest BCUT2D eigenvalue weighted by Gasteiger charge is -2.16. The van der Waals surface area contributed by atoms with E-state index in [-0.39, 0.29) is 23.9 Å². The molecule has 214 valence electrons. The Kier molecular flexibility index (Phi) is 9.53. The lowest BCUT2D eigenvalue weighted by Crippen LogP contribution is -2.32. The molecule has 0 aromatic heterocycles. The Labute approximate surface area is 242 Å². The van der Waals surface area contributed by atoms with Crippen LogP contribution in [0.2, 0.25) is 0 Å². The summed E-state index contributed by atoms with van der Waals surface area (Å²) in [4.78, 5) is 12.1. The first-order valence-electron chi connectivity index (χ1n) is 12.1. The van der Waals surface area contributed by atoms with E-state index in [4.69, 9.17) is 10.5 Å². The van der Waals surface area contributed by atoms with Crippen molar-refractivity contribution < 1.29 is 35.5 Å². The molecular formula is C26H25F4IN4O4S. The zero-order valence-corrected chi connectivity index (χ0v) is 23.8. The molecule has 1 amide bonds. The van der Waals surface area contributed by atoms with Gasteiger partial charge in [-0.2, -0.15) is 13.1 Å². The molecule has 5 N–H and O–H groups in total. The molecule has 8 nitrogen and oxygen atoms in total. The Hall–Kier alpha value is -2.95. The van der Waals surface area contributed by atoms with Crippen molar-refractivity contribution in [2.75, 3.05) is 23.2 Å². The molecule has 0 radical (unpaired) electrons. The fraction of sp³-hybridized carbons (Fsp3) is 0.269. The summed E-state index contributed by atoms with van der Waals surface area (Å²) in [6, 6.07) is 8.66. The minimum absolute atomic E-state index is 0.0412. The number of hydrogen-bond donors (Lipinski definition) is 4. The second-order valence-corrected chi connectivity index (χ2v) is 11.8. The van der Waals surface area contributed by atoms with Gasteiger partial charge in [-0.3, -0.25) is 9.52 Å². The van der Waals surface area contributed by atoms with Crippen LogP contribution in [0.1, 0.15) is 40.7 Å². The number of primary amides is 1. The number of rotatable bonds is 11. The number of benzene rings is 3. The Morgan fingerprint density at radius 1 is 1.02 bits per heavy atom. The van der Waals surface area contributed by atoms with Crippen molar-refractivity contribution in [2.24, 2.45) is 5.73 Å². The second-order valence-electron chi connectivity index (χ2n) is 9.08. The molecule has 0 spiro atoms. The van der Waals surface area contributed by atoms with Crippen LogP contribution < -0.4 is 20.5 Å². The first kappa shape index (κ1) is 30.0. The molecule has 1 atom stereocenters. The summed E-state index contributed by atoms with van der Waals surface area (Å²) in [5.74, 6) is -5.86. The normalized spacial score (nSPS) is 15.3. The van der Waals surface area contributed by atoms with Gasteiger partial charge < -0.3 is 15.8 Å². The van der Waals surface area contributed by atoms with E-state index >= 15 is 13.2 Å². The summed E-state index contributed by atoms with van der Waals surface area (Å²) in [7, 11) is -4.14. The summed E-state index contributed by atoms with van der Waals surface area (Å²) in [6.07, 6.45) is 1.61. The molecule has 3 aromatic rings. The summed E-state index contributed by atoms with van der Waals surface area (Å²) in [5, 5.41) is 2.37. The van der Waals surface area contributed by atoms with Gasteiger partial charge in [0.15, 0.2) is 17.5 Å². The molecule has 0 unspecified atom stereocenters. The van der Waals surface area contributed by atoms with Crippen molar-refractivity contribution in [2.45, 2.75) is 31.8 Å². The van der Waals surface area contributed by atoms with Gasteiger partial charge in [0.25, 0.3) is 16.1 Å². The second kappa shape index (κ2) is 12.7. The zero-order valence-electron chi connectivity index (χ0n) is 20.9. The average molecular weight is 692 g/mol. The molecule has 1 fully saturated rings. The minimum atomic E-state index is -4.14. The molecular weight excluding hydrogens is 667 g/mol. The Balaban J connectivity index is 1.56. The number of nitrogens with two attached hydrogens (primary N) is 1. The van der Waals surface area contributed by atoms with E-state index in [1.165, 1.54) is 30.3 Å². The Bertz CT molecular complexity index is 1540. The Morgan fingerprint density at radius 2 is 1.80 bits per heavy atom. The van der Waals surface area contributed by atoms with E-state index in [9.17, 15) is 17.6 Å². The van der Waals surface area contributed by atoms with Crippen molar-refractivity contribution in [3.8, 4) is 0 Å². The summed E-state index contributed by atoms with van der Waals surface area (Å²) < 4.78 is 95.1. The van der Waals surface area contributed by atoms with Crippen LogP contribution in [0, 0.1) is 26.8 Å². The molecule has 1 aliphatic heterocycles. The molecule has 1 heterocycles. The molecule has 0 saturated carbocycles. The maximum absolute atomic E-state index is 15.3. The van der Waals surface area contributed by atoms with Crippen molar-refractivity contribution >= 4 is 55.8 Å². The van der Waals surface area contributed by atoms with Gasteiger partial charge >= 0.3 is 0 Å². The highest BCUT2D eigenvalue weighted by molar-refractivity contribution is 14.1. The number of anilines is 3. The molecule has 14 heteroatoms. The minimum Gasteiger partial charge on any atom is -0.378 e. The van der Waals surface area contributed by atoms with E-state index in [1.54, 1.807) is 0 Å². The standard InChI is InChI=1S/C26H25F4IN4O4S/c27-19-13-16(31)6-7-20(19)34-25-18(26(32)36)12-15(23(29)24(25)30)11-14-3-1-5-21(22(14)28)35-40(37,38)33-9-8-17-4-2-10-39-17/h1,3,5-7,12-13,17,33-35H,2,4,8-11H2,(H2,32,36)/t17-/m1/s1. The molecule has 1 aliphatic rings. The molecule has 0 aliphatic carbocycles. The fourth-order valence-electron chi connectivity index (χ4n) is 4.26. The van der Waals surface area contributed by atoms with Gasteiger partial charge in [-0.25, -0.2) is 17.6 Å². The number of carbonyl (C=O) groups is 1. The number of hydrogen-bond acceptors (Lipinski definition) is 5. The van der Waals surface area contributed by atoms with E-state index < -0.39 is 68.3 Å². The van der Waals surface area contributed by atoms with Crippen molar-refractivity contribution in [3.63, 3.8) is 0 Å². The van der Waals surface area contributed by atoms with Crippen LogP contribution >= 0.6 is 22.6 Å². The SMILES string of the molecule is NC(=O)c1cc(Cc2cccc(NS(=O)(=O)NCC[C@H]3CCCO3)c2F)c(F)c(F)c1Nc1ccc(I)cc1F. The summed E-state index contributed by atoms with van der Waals surface area (Å²) >= 11 is 1.87. The average Bonchev–Trinajstić information content (AvgIpc) is 3.40. The smallest absolute Gasteiger partial charge is 0.299 e. The predicted octanol–water partition coefficient (Wildman–Crippen LogP) is 5.10. The topological polar surface area (TPSA) is 123 Å². The van der Waals surface area contributed by atoms with Gasteiger partial charge in [0.1, 0.15) is 5.82 Å². The molecule has 3 aromatic carbocycles. The molecule has 0 bridgehead atoms. The van der Waals surface area contributed by atoms with Gasteiger partial charge in [0.05, 0.1) is 28.7 Å². The monoisotopic (exact) mass is 692 g/mol. The van der Waals surface area contributed by atoms with E-state index in [0.717, 1.165) is 25.0 Å². The first-order chi connectivity index (χ1) is 18.9. The van der Waals surface area contributed by atoms with E-state index in [1.807, 2.05) is 22.6 Å². The van der Waals surface area contributed by atoms with Crippen LogP contribution in [0.25, 0.3) is 0 Å². The highest BCUT2D eigenvalue weighted by Crippen LogP contribution is 2.32. The third kappa shape index (κ3) is 7.21. The van der Waals surface area contributed by atoms with Crippen LogP contribution in [-0.2, 0) is 21.4 Å². The van der Waals surface area contributed by atoms with Crippen LogP contribution in [0.4, 0.5) is 34.6 Å². The maximum atomic E-state index is 15.3. The summed E-state index contributed by atoms with van der Waals surface area (Å²) in [5.41, 5.74) is 2.99. The molecule has 1 saturated heterocycles. The highest BCUT2D eigenvalue weighted by atomic mass is 127. The highest BCUT2D eigenvalue weighted by Gasteiger charge is 2.24. The van der Waals surface area contributed by atoms with Crippen LogP contribution in [0.5, 0.6) is 0 Å². The van der Waals surface area contributed by atoms with Crippen molar-refractivity contribution in [1.29, 1.82) is 0 Å². The van der Waals surface area contributed by atoms with Gasteiger partial charge in [0, 0.05) is 23.1 Å². The number of nitrogens with one attached hydrogen (secondary N) is 3. The first-order valence-corrected chi connectivity index (χ1v) is 14.7. The lowest BCUT2D eigenvalue weighted by atomic mass is 9.99. The molecule has 40 heavy (non-hydrogen) atoms. The number of ether oxygens (including phenoxy) is 1. The molecule has 4 rings (SSSR count). The van der Waals surface area contributed by atoms with E-state index in [0.29, 0.717) is 16.6 Å². The van der Waals surface area contributed by atoms with Gasteiger partial charge in [-0.1, -0.05) is 12.1 Å². The predicted molar refractivity (Wildman–Crippen MR) is 151 cm³/mol. The summed E-state index contributed by atoms with van der Waals surface area (Å²) in [6.45, 7) is 0.706. The van der Waals surface area contributed by atoms with Gasteiger partial charge in [-0.15, -0.1) is 0 Å². The van der Waals surface area contributed by atoms with Gasteiger partial charge in [0.2, 0.25) is 0 Å². The number of amides is 1. The number of carbonyl (C=O) groups excluding carboxylic acids is 1. The number of halogens is 5. The quantitative estimate of drug-likeness (QED) is 0.165. The van der Waals surface area contributed by atoms with Crippen LogP contribution in [0.15, 0.2) is 42.5 Å². The maximum Gasteiger partial charge on any atom is 0.299 e. The third-order valence-corrected chi connectivity index (χ3v) is 7.97. The van der Waals surface area contributed by atoms with Crippen LogP contribution in [-0.4, -0.2) is 33.6 Å². The zero-order chi connectivity index (χ0) is 29.0. The van der Waals surface area contributed by atoms with E-state index in [2.05, 4.69) is 14.8 Å². The largest absolute Gasteiger partial charge is 0.378 e. The Morgan fingerprint density at radius 3 is 2.48 bits per heavy atom. The lowest BCUT2D eigenvalue weighted by molar-refractivity contribution is 0.1000. The third-order valence-electron chi connectivity index (χ3n) is 6.22. The van der Waals surface area contributed by atoms with Crippen molar-refractivity contribution in [1.82, 2.24) is 4.72 Å². The van der Waals surface area contributed by atoms with Crippen LogP contribution in [0.3, 0.4) is 0 Å². The van der Waals surface area contributed by atoms with Crippen molar-refractivity contribution in [3.05, 3.63) is 86.0 Å².